The Labute approximate surface area is 424 Å². The number of amides is 5. The van der Waals surface area contributed by atoms with Gasteiger partial charge in [-0.3, -0.25) is 24.0 Å². The number of hydrogen-bond acceptors (Lipinski definition) is 14. The van der Waals surface area contributed by atoms with Crippen LogP contribution in [0.5, 0.6) is 0 Å². The molecule has 2 saturated heterocycles. The number of rotatable bonds is 20. The van der Waals surface area contributed by atoms with Crippen LogP contribution >= 0.6 is 34.7 Å². The maximum atomic E-state index is 14.1. The van der Waals surface area contributed by atoms with Crippen molar-refractivity contribution in [3.8, 4) is 10.4 Å². The second kappa shape index (κ2) is 24.2. The van der Waals surface area contributed by atoms with E-state index in [2.05, 4.69) is 48.0 Å². The van der Waals surface area contributed by atoms with Gasteiger partial charge in [-0.1, -0.05) is 80.9 Å². The molecular formula is C50H68ClN11O6S2. The van der Waals surface area contributed by atoms with E-state index in [0.717, 1.165) is 47.6 Å². The Hall–Kier alpha value is -5.34. The largest absolute Gasteiger partial charge is 0.391 e. The number of anilines is 3. The molecule has 378 valence electrons. The van der Waals surface area contributed by atoms with Crippen molar-refractivity contribution in [1.29, 1.82) is 0 Å². The highest BCUT2D eigenvalue weighted by Gasteiger charge is 2.44. The first-order valence-electron chi connectivity index (χ1n) is 24.0. The van der Waals surface area contributed by atoms with E-state index in [0.29, 0.717) is 58.7 Å². The number of aryl methyl sites for hydroxylation is 1. The number of aromatic nitrogens is 3. The van der Waals surface area contributed by atoms with Crippen molar-refractivity contribution in [2.75, 3.05) is 42.1 Å². The summed E-state index contributed by atoms with van der Waals surface area (Å²) in [5, 5.41) is 23.1. The predicted octanol–water partition coefficient (Wildman–Crippen LogP) is 6.77. The quantitative estimate of drug-likeness (QED) is 0.0452. The average molecular weight is 1020 g/mol. The van der Waals surface area contributed by atoms with Crippen LogP contribution in [0.4, 0.5) is 17.3 Å². The normalized spacial score (nSPS) is 17.7. The number of nitrogens with zero attached hydrogens (tertiary/aromatic N) is 5. The number of benzene rings is 2. The molecule has 2 aromatic carbocycles. The lowest BCUT2D eigenvalue weighted by Crippen LogP contribution is -2.57. The lowest BCUT2D eigenvalue weighted by Gasteiger charge is -2.37. The van der Waals surface area contributed by atoms with Gasteiger partial charge < -0.3 is 47.6 Å². The van der Waals surface area contributed by atoms with E-state index in [9.17, 15) is 29.1 Å². The molecule has 70 heavy (non-hydrogen) atoms. The van der Waals surface area contributed by atoms with E-state index in [1.165, 1.54) is 16.7 Å². The van der Waals surface area contributed by atoms with E-state index < -0.39 is 29.5 Å². The smallest absolute Gasteiger partial charge is 0.246 e. The minimum absolute atomic E-state index is 0.0160. The third-order valence-corrected chi connectivity index (χ3v) is 15.3. The molecule has 6 rings (SSSR count). The number of nitrogens with one attached hydrogen (secondary N) is 4. The van der Waals surface area contributed by atoms with Crippen LogP contribution in [0, 0.1) is 12.3 Å². The first-order valence-corrected chi connectivity index (χ1v) is 26.0. The van der Waals surface area contributed by atoms with Crippen LogP contribution in [0.15, 0.2) is 64.1 Å². The lowest BCUT2D eigenvalue weighted by molar-refractivity contribution is -0.144. The molecule has 2 fully saturated rings. The van der Waals surface area contributed by atoms with Gasteiger partial charge in [-0.15, -0.1) is 11.3 Å². The van der Waals surface area contributed by atoms with Crippen LogP contribution in [0.2, 0.25) is 5.02 Å². The van der Waals surface area contributed by atoms with Crippen molar-refractivity contribution in [1.82, 2.24) is 35.8 Å². The highest BCUT2D eigenvalue weighted by molar-refractivity contribution is 7.99. The number of thiazole rings is 1. The molecule has 0 saturated carbocycles. The fourth-order valence-corrected chi connectivity index (χ4v) is 10.3. The topological polar surface area (TPSA) is 251 Å². The Kier molecular flexibility index (Phi) is 18.7. The highest BCUT2D eigenvalue weighted by Crippen LogP contribution is 2.39. The van der Waals surface area contributed by atoms with Crippen molar-refractivity contribution in [2.24, 2.45) is 11.1 Å². The summed E-state index contributed by atoms with van der Waals surface area (Å²) < 4.78 is 0. The van der Waals surface area contributed by atoms with Gasteiger partial charge in [0.05, 0.1) is 45.1 Å². The Balaban J connectivity index is 0.872. The number of piperidine rings is 1. The molecule has 4 heterocycles. The van der Waals surface area contributed by atoms with E-state index >= 15 is 0 Å². The molecule has 4 aromatic rings. The number of β-amino-alcohol motifs (C(OH)–C–C–N with tert-alkyl or cyclic N) is 1. The summed E-state index contributed by atoms with van der Waals surface area (Å²) in [4.78, 5) is 85.0. The molecule has 17 nitrogen and oxygen atoms in total. The Morgan fingerprint density at radius 1 is 0.957 bits per heavy atom. The van der Waals surface area contributed by atoms with Gasteiger partial charge in [-0.25, -0.2) is 15.0 Å². The lowest BCUT2D eigenvalue weighted by atomic mass is 9.85. The summed E-state index contributed by atoms with van der Waals surface area (Å²) >= 11 is 9.53. The molecule has 5 amide bonds. The number of nitrogen functional groups attached to an aromatic ring is 1. The maximum Gasteiger partial charge on any atom is 0.246 e. The summed E-state index contributed by atoms with van der Waals surface area (Å²) in [6, 6.07) is 11.0. The number of likely N-dealkylation sites (tertiary alicyclic amines) is 1. The zero-order chi connectivity index (χ0) is 50.8. The zero-order valence-corrected chi connectivity index (χ0v) is 43.4. The summed E-state index contributed by atoms with van der Waals surface area (Å²) in [7, 11) is 0. The van der Waals surface area contributed by atoms with Gasteiger partial charge >= 0.3 is 0 Å². The van der Waals surface area contributed by atoms with Gasteiger partial charge in [0.25, 0.3) is 0 Å². The number of carbonyl (C=O) groups is 5. The van der Waals surface area contributed by atoms with Crippen molar-refractivity contribution >= 4 is 81.6 Å². The first-order chi connectivity index (χ1) is 33.2. The summed E-state index contributed by atoms with van der Waals surface area (Å²) in [6.45, 7) is 13.4. The van der Waals surface area contributed by atoms with Crippen molar-refractivity contribution < 1.29 is 29.1 Å². The van der Waals surface area contributed by atoms with Crippen LogP contribution in [0.25, 0.3) is 10.4 Å². The first kappa shape index (κ1) is 54.0. The third-order valence-electron chi connectivity index (χ3n) is 12.7. The molecule has 2 aliphatic heterocycles. The average Bonchev–Trinajstić information content (AvgIpc) is 3.93. The van der Waals surface area contributed by atoms with Gasteiger partial charge in [0, 0.05) is 62.3 Å². The number of unbranched alkanes of at least 4 members (excludes halogenated alkanes) is 2. The molecule has 0 bridgehead atoms. The molecule has 2 aromatic heterocycles. The van der Waals surface area contributed by atoms with Crippen molar-refractivity contribution in [3.63, 3.8) is 0 Å². The molecule has 2 aliphatic rings. The van der Waals surface area contributed by atoms with E-state index in [4.69, 9.17) is 23.1 Å². The zero-order valence-electron chi connectivity index (χ0n) is 41.0. The number of hydrogen-bond donors (Lipinski definition) is 7. The Morgan fingerprint density at radius 2 is 1.66 bits per heavy atom. The SMILES string of the molecule is Cc1ncsc1-c1ccc([C@H](C)NC(=O)[C@@H]2C[C@@H](O)CN2C(=O)[C@@H](NC(=O)CCCCCNC(=O)CCCC(=O)Nc2cccc(Sc3ncc(N4CCC(C)(N)CC4)nc3N)c2Cl)C(C)(C)C)cc1. The van der Waals surface area contributed by atoms with E-state index in [1.807, 2.05) is 70.5 Å². The Morgan fingerprint density at radius 3 is 2.33 bits per heavy atom. The van der Waals surface area contributed by atoms with Crippen LogP contribution in [-0.4, -0.2) is 104 Å². The number of aliphatic hydroxyl groups is 1. The van der Waals surface area contributed by atoms with Gasteiger partial charge in [-0.05, 0) is 81.5 Å². The predicted molar refractivity (Wildman–Crippen MR) is 276 cm³/mol. The molecule has 20 heteroatoms. The minimum atomic E-state index is -0.929. The van der Waals surface area contributed by atoms with Crippen LogP contribution in [0.1, 0.15) is 116 Å². The fraction of sp³-hybridized carbons (Fsp3) is 0.520. The number of nitrogens with two attached hydrogens (primary N) is 2. The summed E-state index contributed by atoms with van der Waals surface area (Å²) in [5.74, 6) is -0.571. The van der Waals surface area contributed by atoms with Crippen LogP contribution in [-0.2, 0) is 24.0 Å². The van der Waals surface area contributed by atoms with Gasteiger partial charge in [-0.2, -0.15) is 0 Å². The van der Waals surface area contributed by atoms with Crippen molar-refractivity contribution in [3.05, 3.63) is 70.5 Å². The van der Waals surface area contributed by atoms with Crippen LogP contribution in [0.3, 0.4) is 0 Å². The molecule has 0 unspecified atom stereocenters. The Bertz CT molecular complexity index is 2470. The summed E-state index contributed by atoms with van der Waals surface area (Å²) in [5.41, 5.74) is 16.8. The molecule has 4 atom stereocenters. The van der Waals surface area contributed by atoms with Gasteiger partial charge in [0.1, 0.15) is 22.9 Å². The number of halogens is 1. The standard InChI is InChI=1S/C50H68ClN11O6S2/c1-30(32-17-19-33(20-18-32)43-31(2)56-29-69-43)57-46(67)36-26-34(63)28-62(36)48(68)44(49(3,4)5)60-41(66)14-8-7-9-23-54-39(64)15-11-16-40(65)58-35-12-10-13-37(42(35)51)70-47-45(52)59-38(27-55-47)61-24-21-50(6,53)22-25-61/h10,12-13,17-20,27,29-30,34,36,44,63H,7-9,11,14-16,21-26,28,53H2,1-6H3,(H2,52,59)(H,54,64)(H,57,67)(H,58,65)(H,60,66)/t30-,34+,36-,44+/m0/s1. The number of aliphatic hydroxyl groups excluding tert-OH is 1. The molecule has 0 spiro atoms. The van der Waals surface area contributed by atoms with Gasteiger partial charge in [0.2, 0.25) is 29.5 Å². The second-order valence-corrected chi connectivity index (χ2v) is 22.0. The highest BCUT2D eigenvalue weighted by atomic mass is 35.5. The minimum Gasteiger partial charge on any atom is -0.391 e. The molecule has 0 radical (unpaired) electrons. The second-order valence-electron chi connectivity index (χ2n) is 19.7. The third kappa shape index (κ3) is 14.8. The molecule has 0 aliphatic carbocycles. The van der Waals surface area contributed by atoms with E-state index in [-0.39, 0.29) is 73.3 Å². The monoisotopic (exact) mass is 1020 g/mol. The summed E-state index contributed by atoms with van der Waals surface area (Å²) in [6.07, 6.45) is 5.21. The van der Waals surface area contributed by atoms with Crippen molar-refractivity contribution in [2.45, 2.75) is 145 Å². The van der Waals surface area contributed by atoms with Crippen LogP contribution < -0.4 is 37.6 Å². The molecule has 9 N–H and O–H groups in total. The maximum absolute atomic E-state index is 14.1. The number of carbonyl (C=O) groups excluding carboxylic acids is 5. The fourth-order valence-electron chi connectivity index (χ4n) is 8.42. The van der Waals surface area contributed by atoms with E-state index in [1.54, 1.807) is 29.7 Å². The van der Waals surface area contributed by atoms with Gasteiger partial charge in [0.15, 0.2) is 5.82 Å². The molecular weight excluding hydrogens is 950 g/mol.